The van der Waals surface area contributed by atoms with Crippen molar-refractivity contribution >= 4 is 7.82 Å². The fourth-order valence-corrected chi connectivity index (χ4v) is 3.60. The van der Waals surface area contributed by atoms with Crippen LogP contribution in [0.1, 0.15) is 79.1 Å². The summed E-state index contributed by atoms with van der Waals surface area (Å²) in [4.78, 5) is 9.77. The van der Waals surface area contributed by atoms with Gasteiger partial charge in [-0.05, 0) is 36.8 Å². The number of hydrogen-bond donors (Lipinski definition) is 3. The molecule has 0 bridgehead atoms. The van der Waals surface area contributed by atoms with Crippen molar-refractivity contribution in [2.75, 3.05) is 13.2 Å². The van der Waals surface area contributed by atoms with Crippen LogP contribution in [0.3, 0.4) is 0 Å². The highest BCUT2D eigenvalue weighted by atomic mass is 31.2. The average molecular weight is 433 g/mol. The predicted octanol–water partition coefficient (Wildman–Crippen LogP) is 6.65. The van der Waals surface area contributed by atoms with Crippen molar-refractivity contribution < 1.29 is 28.7 Å². The van der Waals surface area contributed by atoms with E-state index in [-0.39, 0.29) is 11.5 Å². The second kappa shape index (κ2) is 16.7. The first-order valence-corrected chi connectivity index (χ1v) is 12.4. The highest BCUT2D eigenvalue weighted by Gasteiger charge is 2.24. The van der Waals surface area contributed by atoms with Gasteiger partial charge in [0.05, 0.1) is 13.2 Å². The number of rotatable bonds is 14. The summed E-state index contributed by atoms with van der Waals surface area (Å²) < 4.78 is 22.2. The molecule has 2 unspecified atom stereocenters. The Morgan fingerprint density at radius 1 is 0.862 bits per heavy atom. The second-order valence-corrected chi connectivity index (χ2v) is 8.87. The molecule has 0 saturated carbocycles. The van der Waals surface area contributed by atoms with Crippen molar-refractivity contribution in [3.63, 3.8) is 0 Å². The van der Waals surface area contributed by atoms with Gasteiger partial charge in [0.1, 0.15) is 11.5 Å². The lowest BCUT2D eigenvalue weighted by molar-refractivity contribution is 0.110. The minimum Gasteiger partial charge on any atom is -0.508 e. The molecule has 0 aliphatic carbocycles. The number of phenols is 2. The Labute approximate surface area is 176 Å². The van der Waals surface area contributed by atoms with Crippen LogP contribution >= 0.6 is 7.82 Å². The van der Waals surface area contributed by atoms with E-state index < -0.39 is 7.82 Å². The van der Waals surface area contributed by atoms with Gasteiger partial charge in [-0.3, -0.25) is 9.05 Å². The molecule has 7 heteroatoms. The molecule has 170 valence electrons. The van der Waals surface area contributed by atoms with E-state index >= 15 is 0 Å². The molecular weight excluding hydrogens is 391 g/mol. The molecule has 0 aliphatic rings. The number of hydrogen-bond acceptors (Lipinski definition) is 5. The second-order valence-electron chi connectivity index (χ2n) is 7.41. The van der Waals surface area contributed by atoms with Crippen LogP contribution in [0.15, 0.2) is 24.3 Å². The predicted molar refractivity (Wildman–Crippen MR) is 118 cm³/mol. The van der Waals surface area contributed by atoms with E-state index in [0.717, 1.165) is 51.4 Å². The topological polar surface area (TPSA) is 96.2 Å². The van der Waals surface area contributed by atoms with Crippen molar-refractivity contribution in [1.29, 1.82) is 0 Å². The summed E-state index contributed by atoms with van der Waals surface area (Å²) in [5, 5.41) is 17.3. The van der Waals surface area contributed by atoms with E-state index in [9.17, 15) is 9.46 Å². The number of benzene rings is 1. The maximum Gasteiger partial charge on any atom is 0.472 e. The van der Waals surface area contributed by atoms with E-state index in [1.54, 1.807) is 6.07 Å². The SMILES string of the molecule is CCCCC(CC)COP(=O)(O)OCC(CC)CCCC.Oc1cccc(O)c1. The normalized spacial score (nSPS) is 15.1. The Hall–Kier alpha value is -1.07. The van der Waals surface area contributed by atoms with Crippen LogP contribution in [0.5, 0.6) is 11.5 Å². The molecule has 0 aliphatic heterocycles. The first-order chi connectivity index (χ1) is 13.8. The monoisotopic (exact) mass is 432 g/mol. The first-order valence-electron chi connectivity index (χ1n) is 10.9. The largest absolute Gasteiger partial charge is 0.508 e. The third-order valence-electron chi connectivity index (χ3n) is 4.86. The molecule has 0 amide bonds. The molecule has 6 nitrogen and oxygen atoms in total. The highest BCUT2D eigenvalue weighted by Crippen LogP contribution is 2.44. The van der Waals surface area contributed by atoms with Crippen LogP contribution in [0.2, 0.25) is 0 Å². The summed E-state index contributed by atoms with van der Waals surface area (Å²) >= 11 is 0. The molecule has 0 heterocycles. The Balaban J connectivity index is 0.000000807. The molecule has 0 aromatic heterocycles. The quantitative estimate of drug-likeness (QED) is 0.285. The molecule has 0 spiro atoms. The van der Waals surface area contributed by atoms with Crippen molar-refractivity contribution in [2.24, 2.45) is 11.8 Å². The molecular formula is C22H41O6P. The van der Waals surface area contributed by atoms with E-state index in [0.29, 0.717) is 25.0 Å². The minimum absolute atomic E-state index is 0.0880. The molecule has 3 N–H and O–H groups in total. The molecule has 1 rings (SSSR count). The zero-order chi connectivity index (χ0) is 22.1. The molecule has 1 aromatic carbocycles. The average Bonchev–Trinajstić information content (AvgIpc) is 2.68. The molecule has 2 atom stereocenters. The Morgan fingerprint density at radius 2 is 1.28 bits per heavy atom. The van der Waals surface area contributed by atoms with Crippen molar-refractivity contribution in [3.05, 3.63) is 24.3 Å². The van der Waals surface area contributed by atoms with Crippen LogP contribution < -0.4 is 0 Å². The fraction of sp³-hybridized carbons (Fsp3) is 0.727. The van der Waals surface area contributed by atoms with Crippen molar-refractivity contribution in [1.82, 2.24) is 0 Å². The number of aromatic hydroxyl groups is 2. The molecule has 0 fully saturated rings. The fourth-order valence-electron chi connectivity index (χ4n) is 2.73. The molecule has 29 heavy (non-hydrogen) atoms. The minimum atomic E-state index is -3.89. The van der Waals surface area contributed by atoms with Gasteiger partial charge in [0.15, 0.2) is 0 Å². The lowest BCUT2D eigenvalue weighted by Crippen LogP contribution is -2.12. The van der Waals surface area contributed by atoms with Gasteiger partial charge in [0.25, 0.3) is 0 Å². The summed E-state index contributed by atoms with van der Waals surface area (Å²) in [6, 6.07) is 5.85. The maximum atomic E-state index is 11.9. The van der Waals surface area contributed by atoms with Crippen LogP contribution in [0.4, 0.5) is 0 Å². The van der Waals surface area contributed by atoms with E-state index in [4.69, 9.17) is 19.3 Å². The zero-order valence-electron chi connectivity index (χ0n) is 18.5. The van der Waals surface area contributed by atoms with Crippen LogP contribution in [-0.2, 0) is 13.6 Å². The van der Waals surface area contributed by atoms with Crippen LogP contribution in [0.25, 0.3) is 0 Å². The maximum absolute atomic E-state index is 11.9. The van der Waals surface area contributed by atoms with Gasteiger partial charge in [-0.2, -0.15) is 0 Å². The first kappa shape index (κ1) is 27.9. The van der Waals surface area contributed by atoms with E-state index in [2.05, 4.69) is 27.7 Å². The third kappa shape index (κ3) is 15.4. The van der Waals surface area contributed by atoms with Crippen LogP contribution in [-0.4, -0.2) is 28.3 Å². The van der Waals surface area contributed by atoms with Gasteiger partial charge in [-0.25, -0.2) is 4.57 Å². The third-order valence-corrected chi connectivity index (χ3v) is 5.81. The molecule has 0 saturated heterocycles. The molecule has 0 radical (unpaired) electrons. The highest BCUT2D eigenvalue weighted by molar-refractivity contribution is 7.47. The van der Waals surface area contributed by atoms with E-state index in [1.165, 1.54) is 18.2 Å². The lowest BCUT2D eigenvalue weighted by atomic mass is 10.0. The number of phosphoric acid groups is 1. The smallest absolute Gasteiger partial charge is 0.472 e. The Bertz CT molecular complexity index is 525. The van der Waals surface area contributed by atoms with Gasteiger partial charge in [0, 0.05) is 6.07 Å². The van der Waals surface area contributed by atoms with Crippen molar-refractivity contribution in [2.45, 2.75) is 79.1 Å². The summed E-state index contributed by atoms with van der Waals surface area (Å²) in [6.45, 7) is 9.10. The Morgan fingerprint density at radius 3 is 1.55 bits per heavy atom. The zero-order valence-corrected chi connectivity index (χ0v) is 19.4. The number of unbranched alkanes of at least 4 members (excludes halogenated alkanes) is 2. The van der Waals surface area contributed by atoms with Gasteiger partial charge in [0.2, 0.25) is 0 Å². The standard InChI is InChI=1S/C16H35O4P.C6H6O2/c1-5-9-11-15(7-3)13-19-21(17,18)20-14-16(8-4)12-10-6-2;7-5-2-1-3-6(8)4-5/h15-16H,5-14H2,1-4H3,(H,17,18);1-4,7-8H. The lowest BCUT2D eigenvalue weighted by Gasteiger charge is -2.20. The van der Waals surface area contributed by atoms with E-state index in [1.807, 2.05) is 0 Å². The summed E-state index contributed by atoms with van der Waals surface area (Å²) in [7, 11) is -3.89. The summed E-state index contributed by atoms with van der Waals surface area (Å²) in [5.41, 5.74) is 0. The van der Waals surface area contributed by atoms with Gasteiger partial charge in [-0.1, -0.05) is 72.3 Å². The van der Waals surface area contributed by atoms with Gasteiger partial charge >= 0.3 is 7.82 Å². The summed E-state index contributed by atoms with van der Waals surface area (Å²) in [6.07, 6.45) is 8.56. The number of phenolic OH excluding ortho intramolecular Hbond substituents is 2. The number of phosphoric ester groups is 1. The molecule has 1 aromatic rings. The Kier molecular flexibility index (Phi) is 16.1. The summed E-state index contributed by atoms with van der Waals surface area (Å²) in [5.74, 6) is 0.863. The van der Waals surface area contributed by atoms with Crippen molar-refractivity contribution in [3.8, 4) is 11.5 Å². The van der Waals surface area contributed by atoms with Gasteiger partial charge in [-0.15, -0.1) is 0 Å². The van der Waals surface area contributed by atoms with Crippen LogP contribution in [0, 0.1) is 11.8 Å². The van der Waals surface area contributed by atoms with Gasteiger partial charge < -0.3 is 15.1 Å².